The number of thiazole rings is 1. The van der Waals surface area contributed by atoms with Crippen molar-refractivity contribution in [2.45, 2.75) is 55.5 Å². The molecule has 2 amide bonds. The Kier molecular flexibility index (Phi) is 5.53. The fraction of sp³-hybridized carbons (Fsp3) is 0.360. The zero-order valence-corrected chi connectivity index (χ0v) is 20.7. The molecule has 0 unspecified atom stereocenters. The van der Waals surface area contributed by atoms with E-state index in [4.69, 9.17) is 4.42 Å². The topological polar surface area (TPSA) is 139 Å². The third-order valence-electron chi connectivity index (χ3n) is 7.09. The summed E-state index contributed by atoms with van der Waals surface area (Å²) in [6.45, 7) is 0. The summed E-state index contributed by atoms with van der Waals surface area (Å²) in [5, 5.41) is 21.9. The summed E-state index contributed by atoms with van der Waals surface area (Å²) in [5.74, 6) is -4.28. The Balaban J connectivity index is 1.24. The molecule has 2 fully saturated rings. The molecule has 3 heterocycles. The molecule has 0 saturated heterocycles. The standard InChI is InChI=1S/C25H21F2N7O3S/c26-25(27)7-5-24(6-8-25,21(36)33-23(12-28)3-4-23)32-20(35)19-10-16-2-1-15(9-18(16)37-19)17-11-38-22(31-17)34-14-29-13-30-34/h1-2,9-11,13-14H,3-8H2,(H,32,35)(H,33,36). The summed E-state index contributed by atoms with van der Waals surface area (Å²) in [7, 11) is 0. The van der Waals surface area contributed by atoms with Crippen LogP contribution < -0.4 is 10.6 Å². The molecule has 38 heavy (non-hydrogen) atoms. The molecule has 0 aliphatic heterocycles. The van der Waals surface area contributed by atoms with E-state index in [1.54, 1.807) is 23.1 Å². The highest BCUT2D eigenvalue weighted by molar-refractivity contribution is 7.12. The minimum Gasteiger partial charge on any atom is -0.451 e. The van der Waals surface area contributed by atoms with Crippen molar-refractivity contribution in [3.05, 3.63) is 48.1 Å². The summed E-state index contributed by atoms with van der Waals surface area (Å²) in [6.07, 6.45) is 2.35. The lowest BCUT2D eigenvalue weighted by Crippen LogP contribution is -2.62. The van der Waals surface area contributed by atoms with Gasteiger partial charge in [-0.3, -0.25) is 9.59 Å². The first kappa shape index (κ1) is 24.2. The van der Waals surface area contributed by atoms with Gasteiger partial charge in [0.1, 0.15) is 29.3 Å². The number of benzene rings is 1. The quantitative estimate of drug-likeness (QED) is 0.379. The minimum absolute atomic E-state index is 0.0512. The lowest BCUT2D eigenvalue weighted by atomic mass is 9.78. The maximum absolute atomic E-state index is 14.0. The van der Waals surface area contributed by atoms with Crippen LogP contribution in [0.3, 0.4) is 0 Å². The molecular formula is C25H21F2N7O3S. The number of rotatable bonds is 6. The highest BCUT2D eigenvalue weighted by Crippen LogP contribution is 2.41. The maximum atomic E-state index is 14.0. The van der Waals surface area contributed by atoms with Gasteiger partial charge < -0.3 is 15.1 Å². The molecule has 2 saturated carbocycles. The lowest BCUT2D eigenvalue weighted by molar-refractivity contribution is -0.133. The van der Waals surface area contributed by atoms with E-state index in [0.29, 0.717) is 34.6 Å². The molecule has 10 nitrogen and oxygen atoms in total. The van der Waals surface area contributed by atoms with Crippen LogP contribution in [0.15, 0.2) is 46.7 Å². The van der Waals surface area contributed by atoms with Gasteiger partial charge in [-0.25, -0.2) is 18.7 Å². The number of halogens is 2. The third kappa shape index (κ3) is 4.41. The SMILES string of the molecule is N#CC1(NC(=O)C2(NC(=O)c3cc4ccc(-c5csc(-n6cncn6)n5)cc4o3)CCC(F)(F)CC2)CC1. The molecule has 0 spiro atoms. The molecular weight excluding hydrogens is 516 g/mol. The number of carbonyl (C=O) groups is 2. The fourth-order valence-corrected chi connectivity index (χ4v) is 5.33. The predicted molar refractivity (Wildman–Crippen MR) is 132 cm³/mol. The van der Waals surface area contributed by atoms with Crippen LogP contribution in [-0.2, 0) is 4.79 Å². The normalized spacial score (nSPS) is 19.0. The summed E-state index contributed by atoms with van der Waals surface area (Å²) >= 11 is 1.39. The maximum Gasteiger partial charge on any atom is 0.287 e. The number of nitrogens with one attached hydrogen (secondary N) is 2. The number of nitrogens with zero attached hydrogens (tertiary/aromatic N) is 5. The van der Waals surface area contributed by atoms with E-state index in [-0.39, 0.29) is 18.6 Å². The van der Waals surface area contributed by atoms with E-state index in [1.807, 2.05) is 11.4 Å². The summed E-state index contributed by atoms with van der Waals surface area (Å²) < 4.78 is 35.3. The lowest BCUT2D eigenvalue weighted by Gasteiger charge is -2.39. The number of nitriles is 1. The predicted octanol–water partition coefficient (Wildman–Crippen LogP) is 3.99. The molecule has 2 aliphatic rings. The van der Waals surface area contributed by atoms with Crippen LogP contribution in [0.25, 0.3) is 27.4 Å². The molecule has 0 radical (unpaired) electrons. The Morgan fingerprint density at radius 3 is 2.58 bits per heavy atom. The molecule has 194 valence electrons. The number of alkyl halides is 2. The highest BCUT2D eigenvalue weighted by Gasteiger charge is 2.53. The number of carbonyl (C=O) groups excluding carboxylic acids is 2. The fourth-order valence-electron chi connectivity index (χ4n) is 4.57. The van der Waals surface area contributed by atoms with Crippen LogP contribution in [0.5, 0.6) is 0 Å². The Morgan fingerprint density at radius 2 is 1.89 bits per heavy atom. The van der Waals surface area contributed by atoms with Gasteiger partial charge in [0.05, 0.1) is 11.8 Å². The van der Waals surface area contributed by atoms with Crippen molar-refractivity contribution in [3.63, 3.8) is 0 Å². The first-order chi connectivity index (χ1) is 18.2. The Labute approximate surface area is 218 Å². The van der Waals surface area contributed by atoms with E-state index >= 15 is 0 Å². The first-order valence-electron chi connectivity index (χ1n) is 12.0. The van der Waals surface area contributed by atoms with Gasteiger partial charge in [0.2, 0.25) is 17.0 Å². The molecule has 1 aromatic carbocycles. The van der Waals surface area contributed by atoms with Gasteiger partial charge in [-0.15, -0.1) is 11.3 Å². The summed E-state index contributed by atoms with van der Waals surface area (Å²) in [5.41, 5.74) is -0.673. The van der Waals surface area contributed by atoms with Crippen LogP contribution >= 0.6 is 11.3 Å². The summed E-state index contributed by atoms with van der Waals surface area (Å²) in [6, 6.07) is 8.98. The van der Waals surface area contributed by atoms with Gasteiger partial charge in [0.25, 0.3) is 5.91 Å². The first-order valence-corrected chi connectivity index (χ1v) is 12.9. The number of amides is 2. The van der Waals surface area contributed by atoms with Crippen molar-refractivity contribution in [1.29, 1.82) is 5.26 Å². The van der Waals surface area contributed by atoms with Crippen LogP contribution in [0.1, 0.15) is 49.1 Å². The van der Waals surface area contributed by atoms with Crippen LogP contribution in [0.4, 0.5) is 8.78 Å². The van der Waals surface area contributed by atoms with Gasteiger partial charge in [0.15, 0.2) is 5.76 Å². The van der Waals surface area contributed by atoms with E-state index < -0.39 is 41.7 Å². The number of fused-ring (bicyclic) bond motifs is 1. The van der Waals surface area contributed by atoms with Gasteiger partial charge in [-0.2, -0.15) is 15.0 Å². The smallest absolute Gasteiger partial charge is 0.287 e. The van der Waals surface area contributed by atoms with Gasteiger partial charge in [-0.1, -0.05) is 12.1 Å². The molecule has 3 aromatic heterocycles. The monoisotopic (exact) mass is 537 g/mol. The molecule has 6 rings (SSSR count). The molecule has 0 atom stereocenters. The van der Waals surface area contributed by atoms with Crippen molar-refractivity contribution in [1.82, 2.24) is 30.4 Å². The van der Waals surface area contributed by atoms with E-state index in [0.717, 1.165) is 5.56 Å². The zero-order chi connectivity index (χ0) is 26.5. The van der Waals surface area contributed by atoms with E-state index in [2.05, 4.69) is 31.8 Å². The van der Waals surface area contributed by atoms with Crippen LogP contribution in [0, 0.1) is 11.3 Å². The van der Waals surface area contributed by atoms with Crippen molar-refractivity contribution in [3.8, 4) is 22.5 Å². The van der Waals surface area contributed by atoms with Gasteiger partial charge in [0, 0.05) is 29.2 Å². The van der Waals surface area contributed by atoms with E-state index in [1.165, 1.54) is 23.7 Å². The van der Waals surface area contributed by atoms with Crippen molar-refractivity contribution in [2.75, 3.05) is 0 Å². The van der Waals surface area contributed by atoms with Crippen LogP contribution in [0.2, 0.25) is 0 Å². The number of hydrogen-bond donors (Lipinski definition) is 2. The second-order valence-corrected chi connectivity index (χ2v) is 10.6. The number of furan rings is 1. The van der Waals surface area contributed by atoms with Crippen molar-refractivity contribution in [2.24, 2.45) is 0 Å². The molecule has 4 aromatic rings. The number of hydrogen-bond acceptors (Lipinski definition) is 8. The molecule has 2 aliphatic carbocycles. The Morgan fingerprint density at radius 1 is 1.11 bits per heavy atom. The molecule has 13 heteroatoms. The number of aromatic nitrogens is 4. The summed E-state index contributed by atoms with van der Waals surface area (Å²) in [4.78, 5) is 34.9. The van der Waals surface area contributed by atoms with Crippen LogP contribution in [-0.4, -0.2) is 48.6 Å². The molecule has 0 bridgehead atoms. The molecule has 2 N–H and O–H groups in total. The average Bonchev–Trinajstić information content (AvgIpc) is 3.34. The average molecular weight is 538 g/mol. The van der Waals surface area contributed by atoms with Crippen molar-refractivity contribution >= 4 is 34.1 Å². The second kappa shape index (κ2) is 8.70. The van der Waals surface area contributed by atoms with E-state index in [9.17, 15) is 23.6 Å². The largest absolute Gasteiger partial charge is 0.451 e. The Bertz CT molecular complexity index is 1570. The van der Waals surface area contributed by atoms with Gasteiger partial charge >= 0.3 is 0 Å². The Hall–Kier alpha value is -4.18. The zero-order valence-electron chi connectivity index (χ0n) is 19.9. The minimum atomic E-state index is -2.92. The van der Waals surface area contributed by atoms with Gasteiger partial charge in [-0.05, 0) is 37.8 Å². The highest BCUT2D eigenvalue weighted by atomic mass is 32.1. The third-order valence-corrected chi connectivity index (χ3v) is 7.92. The van der Waals surface area contributed by atoms with Crippen molar-refractivity contribution < 1.29 is 22.8 Å². The second-order valence-electron chi connectivity index (χ2n) is 9.76.